The van der Waals surface area contributed by atoms with Crippen molar-refractivity contribution in [2.45, 2.75) is 19.2 Å². The smallest absolute Gasteiger partial charge is 0.356 e. The number of rotatable bonds is 7. The lowest BCUT2D eigenvalue weighted by Crippen LogP contribution is -3.00. The van der Waals surface area contributed by atoms with E-state index in [1.165, 1.54) is 0 Å². The average molecular weight is 479 g/mol. The van der Waals surface area contributed by atoms with Crippen LogP contribution in [0.1, 0.15) is 5.56 Å². The van der Waals surface area contributed by atoms with E-state index in [-0.39, 0.29) is 19.0 Å². The van der Waals surface area contributed by atoms with Crippen LogP contribution in [0.3, 0.4) is 0 Å². The summed E-state index contributed by atoms with van der Waals surface area (Å²) >= 11 is 12.0. The summed E-state index contributed by atoms with van der Waals surface area (Å²) in [6, 6.07) is 23.1. The topological polar surface area (TPSA) is 64.3 Å². The molecular weight excluding hydrogens is 457 g/mol. The average Bonchev–Trinajstić information content (AvgIpc) is 3.00. The van der Waals surface area contributed by atoms with Crippen molar-refractivity contribution in [3.63, 3.8) is 0 Å². The van der Waals surface area contributed by atoms with Crippen LogP contribution in [0.4, 0.5) is 5.95 Å². The first-order valence-corrected chi connectivity index (χ1v) is 10.3. The molecule has 0 aliphatic heterocycles. The van der Waals surface area contributed by atoms with Gasteiger partial charge >= 0.3 is 5.95 Å². The van der Waals surface area contributed by atoms with Crippen LogP contribution in [0.25, 0.3) is 11.0 Å². The molecule has 0 saturated carbocycles. The molecule has 0 fully saturated rings. The molecule has 0 radical (unpaired) electrons. The van der Waals surface area contributed by atoms with Crippen LogP contribution in [0.2, 0.25) is 10.0 Å². The number of aromatic nitrogens is 2. The van der Waals surface area contributed by atoms with Gasteiger partial charge in [0.15, 0.2) is 0 Å². The Morgan fingerprint density at radius 2 is 1.71 bits per heavy atom. The minimum absolute atomic E-state index is 0. The Bertz CT molecular complexity index is 1170. The van der Waals surface area contributed by atoms with E-state index in [9.17, 15) is 5.11 Å². The Morgan fingerprint density at radius 3 is 2.45 bits per heavy atom. The van der Waals surface area contributed by atoms with Gasteiger partial charge in [0.05, 0.1) is 11.6 Å². The second-order valence-electron chi connectivity index (χ2n) is 7.07. The van der Waals surface area contributed by atoms with Crippen molar-refractivity contribution in [1.82, 2.24) is 4.57 Å². The van der Waals surface area contributed by atoms with Gasteiger partial charge in [-0.1, -0.05) is 65.7 Å². The van der Waals surface area contributed by atoms with Crippen LogP contribution in [0.5, 0.6) is 5.75 Å². The number of ether oxygens (including phenoxy) is 1. The van der Waals surface area contributed by atoms with E-state index in [1.807, 2.05) is 51.6 Å². The van der Waals surface area contributed by atoms with Gasteiger partial charge in [0.1, 0.15) is 36.0 Å². The molecule has 3 N–H and O–H groups in total. The van der Waals surface area contributed by atoms with Crippen molar-refractivity contribution in [1.29, 1.82) is 0 Å². The SMILES string of the molecule is Nc1n(CC(O)COc2ccc(Cl)cc2Cl)c2ccccc2[n+]1Cc1ccccc1.[Cl-]. The van der Waals surface area contributed by atoms with Gasteiger partial charge in [-0.3, -0.25) is 5.73 Å². The normalized spacial score (nSPS) is 11.8. The van der Waals surface area contributed by atoms with Crippen molar-refractivity contribution >= 4 is 40.2 Å². The maximum Gasteiger partial charge on any atom is 0.356 e. The van der Waals surface area contributed by atoms with Crippen LogP contribution >= 0.6 is 23.2 Å². The minimum Gasteiger partial charge on any atom is -1.00 e. The molecule has 4 rings (SSSR count). The second kappa shape index (κ2) is 10.2. The van der Waals surface area contributed by atoms with E-state index in [1.54, 1.807) is 18.2 Å². The molecule has 0 aliphatic carbocycles. The number of hydrogen-bond donors (Lipinski definition) is 2. The lowest BCUT2D eigenvalue weighted by atomic mass is 10.2. The first-order valence-electron chi connectivity index (χ1n) is 9.59. The lowest BCUT2D eigenvalue weighted by Gasteiger charge is -2.13. The van der Waals surface area contributed by atoms with Gasteiger partial charge in [0, 0.05) is 5.02 Å². The molecule has 0 spiro atoms. The zero-order chi connectivity index (χ0) is 21.1. The standard InChI is InChI=1S/C23H21Cl2N3O2.ClH/c24-17-10-11-22(19(25)12-17)30-15-18(29)14-28-21-9-5-4-8-20(21)27(23(28)26)13-16-6-2-1-3-7-16;/h1-12,18,26,29H,13-15H2;1H. The number of nitrogen functional groups attached to an aromatic ring is 1. The molecule has 0 saturated heterocycles. The predicted octanol–water partition coefficient (Wildman–Crippen LogP) is 1.31. The number of nitrogens with two attached hydrogens (primary N) is 1. The first-order chi connectivity index (χ1) is 14.5. The maximum absolute atomic E-state index is 10.6. The van der Waals surface area contributed by atoms with E-state index in [0.29, 0.717) is 34.8 Å². The van der Waals surface area contributed by atoms with Gasteiger partial charge in [0.25, 0.3) is 0 Å². The Labute approximate surface area is 197 Å². The van der Waals surface area contributed by atoms with Gasteiger partial charge < -0.3 is 22.3 Å². The Hall–Kier alpha value is -2.44. The van der Waals surface area contributed by atoms with Crippen molar-refractivity contribution in [3.8, 4) is 5.75 Å². The predicted molar refractivity (Wildman–Crippen MR) is 120 cm³/mol. The summed E-state index contributed by atoms with van der Waals surface area (Å²) in [7, 11) is 0. The van der Waals surface area contributed by atoms with Crippen molar-refractivity contribution in [3.05, 3.63) is 88.4 Å². The maximum atomic E-state index is 10.6. The zero-order valence-corrected chi connectivity index (χ0v) is 18.9. The van der Waals surface area contributed by atoms with Crippen LogP contribution in [0, 0.1) is 0 Å². The van der Waals surface area contributed by atoms with Gasteiger partial charge in [-0.2, -0.15) is 0 Å². The highest BCUT2D eigenvalue weighted by Gasteiger charge is 2.23. The zero-order valence-electron chi connectivity index (χ0n) is 16.6. The number of benzene rings is 3. The number of nitrogens with zero attached hydrogens (tertiary/aromatic N) is 2. The quantitative estimate of drug-likeness (QED) is 0.394. The molecule has 0 amide bonds. The highest BCUT2D eigenvalue weighted by molar-refractivity contribution is 6.35. The molecule has 31 heavy (non-hydrogen) atoms. The number of hydrogen-bond acceptors (Lipinski definition) is 3. The molecule has 4 aromatic rings. The van der Waals surface area contributed by atoms with Crippen LogP contribution in [0.15, 0.2) is 72.8 Å². The second-order valence-corrected chi connectivity index (χ2v) is 7.91. The minimum atomic E-state index is -0.778. The highest BCUT2D eigenvalue weighted by atomic mass is 35.5. The highest BCUT2D eigenvalue weighted by Crippen LogP contribution is 2.27. The van der Waals surface area contributed by atoms with Gasteiger partial charge in [-0.15, -0.1) is 0 Å². The number of para-hydroxylation sites is 2. The molecule has 0 aliphatic rings. The van der Waals surface area contributed by atoms with E-state index in [2.05, 4.69) is 12.1 Å². The summed E-state index contributed by atoms with van der Waals surface area (Å²) in [4.78, 5) is 0. The van der Waals surface area contributed by atoms with Crippen molar-refractivity contribution in [2.24, 2.45) is 0 Å². The van der Waals surface area contributed by atoms with Crippen LogP contribution in [-0.2, 0) is 13.1 Å². The molecule has 1 aromatic heterocycles. The van der Waals surface area contributed by atoms with Gasteiger partial charge in [-0.05, 0) is 35.9 Å². The summed E-state index contributed by atoms with van der Waals surface area (Å²) in [6.45, 7) is 1.01. The Balaban J connectivity index is 0.00000272. The third-order valence-electron chi connectivity index (χ3n) is 4.92. The third-order valence-corrected chi connectivity index (χ3v) is 5.45. The fraction of sp³-hybridized carbons (Fsp3) is 0.174. The molecule has 1 atom stereocenters. The third kappa shape index (κ3) is 5.25. The van der Waals surface area contributed by atoms with Gasteiger partial charge in [-0.25, -0.2) is 9.13 Å². The molecule has 0 bridgehead atoms. The van der Waals surface area contributed by atoms with Crippen LogP contribution < -0.4 is 27.4 Å². The van der Waals surface area contributed by atoms with E-state index < -0.39 is 6.10 Å². The Kier molecular flexibility index (Phi) is 7.68. The van der Waals surface area contributed by atoms with E-state index in [4.69, 9.17) is 33.7 Å². The summed E-state index contributed by atoms with van der Waals surface area (Å²) < 4.78 is 9.64. The Morgan fingerprint density at radius 1 is 1.00 bits per heavy atom. The number of imidazole rings is 1. The number of halogens is 3. The van der Waals surface area contributed by atoms with Gasteiger partial charge in [0.2, 0.25) is 0 Å². The fourth-order valence-electron chi connectivity index (χ4n) is 3.48. The largest absolute Gasteiger partial charge is 1.00 e. The molecule has 5 nitrogen and oxygen atoms in total. The van der Waals surface area contributed by atoms with E-state index >= 15 is 0 Å². The fourth-order valence-corrected chi connectivity index (χ4v) is 3.94. The summed E-state index contributed by atoms with van der Waals surface area (Å²) in [5.74, 6) is 1.05. The first kappa shape index (κ1) is 23.2. The number of fused-ring (bicyclic) bond motifs is 1. The number of aliphatic hydroxyl groups excluding tert-OH is 1. The molecule has 162 valence electrons. The number of aliphatic hydroxyl groups is 1. The molecule has 1 heterocycles. The summed E-state index contributed by atoms with van der Waals surface area (Å²) in [5.41, 5.74) is 9.61. The molecule has 3 aromatic carbocycles. The molecule has 8 heteroatoms. The van der Waals surface area contributed by atoms with Crippen molar-refractivity contribution < 1.29 is 26.8 Å². The molecule has 1 unspecified atom stereocenters. The molecular formula is C23H22Cl3N3O2. The van der Waals surface area contributed by atoms with Crippen LogP contribution in [-0.4, -0.2) is 22.4 Å². The van der Waals surface area contributed by atoms with E-state index in [0.717, 1.165) is 16.6 Å². The summed E-state index contributed by atoms with van der Waals surface area (Å²) in [5, 5.41) is 11.5. The lowest BCUT2D eigenvalue weighted by molar-refractivity contribution is -0.648. The number of anilines is 1. The summed E-state index contributed by atoms with van der Waals surface area (Å²) in [6.07, 6.45) is -0.778. The van der Waals surface area contributed by atoms with Crippen molar-refractivity contribution in [2.75, 3.05) is 12.3 Å². The monoisotopic (exact) mass is 477 g/mol.